The molecule has 27 heavy (non-hydrogen) atoms. The minimum Gasteiger partial charge on any atom is -0.490 e. The fraction of sp³-hybridized carbons (Fsp3) is 0.350. The van der Waals surface area contributed by atoms with Crippen molar-refractivity contribution in [3.63, 3.8) is 0 Å². The Morgan fingerprint density at radius 1 is 1.37 bits per heavy atom. The number of hydrogen-bond donors (Lipinski definition) is 1. The second-order valence-corrected chi connectivity index (χ2v) is 7.40. The summed E-state index contributed by atoms with van der Waals surface area (Å²) in [4.78, 5) is 20.3. The van der Waals surface area contributed by atoms with Crippen molar-refractivity contribution in [2.45, 2.75) is 39.3 Å². The summed E-state index contributed by atoms with van der Waals surface area (Å²) in [7, 11) is 0. The van der Waals surface area contributed by atoms with Gasteiger partial charge in [0.05, 0.1) is 17.9 Å². The van der Waals surface area contributed by atoms with E-state index in [1.165, 1.54) is 6.20 Å². The number of ether oxygens (including phenoxy) is 2. The first-order chi connectivity index (χ1) is 12.7. The predicted octanol–water partition coefficient (Wildman–Crippen LogP) is 4.73. The highest BCUT2D eigenvalue weighted by Crippen LogP contribution is 2.28. The average Bonchev–Trinajstić information content (AvgIpc) is 2.59. The molecule has 6 nitrogen and oxygen atoms in total. The van der Waals surface area contributed by atoms with Crippen LogP contribution in [0.25, 0.3) is 17.3 Å². The molecule has 0 saturated carbocycles. The molecule has 2 rings (SSSR count). The van der Waals surface area contributed by atoms with Gasteiger partial charge in [-0.1, -0.05) is 24.3 Å². The van der Waals surface area contributed by atoms with Crippen LogP contribution < -0.4 is 10.1 Å². The van der Waals surface area contributed by atoms with E-state index in [1.807, 2.05) is 39.8 Å². The molecule has 2 aromatic heterocycles. The van der Waals surface area contributed by atoms with Gasteiger partial charge in [-0.3, -0.25) is 4.98 Å². The number of alkyl carbamates (subject to hydrolysis) is 1. The molecule has 0 aliphatic carbocycles. The third kappa shape index (κ3) is 6.57. The number of hydrogen-bond acceptors (Lipinski definition) is 5. The first-order valence-electron chi connectivity index (χ1n) is 8.54. The van der Waals surface area contributed by atoms with Gasteiger partial charge < -0.3 is 14.8 Å². The Morgan fingerprint density at radius 3 is 2.78 bits per heavy atom. The quantitative estimate of drug-likeness (QED) is 0.723. The van der Waals surface area contributed by atoms with Gasteiger partial charge >= 0.3 is 6.09 Å². The summed E-state index contributed by atoms with van der Waals surface area (Å²) >= 11 is 6.21. The summed E-state index contributed by atoms with van der Waals surface area (Å²) in [6, 6.07) is 5.24. The predicted molar refractivity (Wildman–Crippen MR) is 107 cm³/mol. The Labute approximate surface area is 164 Å². The highest BCUT2D eigenvalue weighted by atomic mass is 35.5. The fourth-order valence-corrected chi connectivity index (χ4v) is 2.38. The lowest BCUT2D eigenvalue weighted by Crippen LogP contribution is -2.40. The number of aromatic nitrogens is 2. The third-order valence-electron chi connectivity index (χ3n) is 3.37. The SMILES string of the molecule is C=Cc1ccnc(-c2cc(OC[C@@H](C)NC(=O)OC(C)(C)C)cnc2Cl)c1. The van der Waals surface area contributed by atoms with Gasteiger partial charge in [0, 0.05) is 11.8 Å². The van der Waals surface area contributed by atoms with E-state index in [4.69, 9.17) is 21.1 Å². The zero-order chi connectivity index (χ0) is 20.0. The number of amides is 1. The van der Waals surface area contributed by atoms with Crippen LogP contribution >= 0.6 is 11.6 Å². The van der Waals surface area contributed by atoms with Gasteiger partial charge in [-0.15, -0.1) is 0 Å². The van der Waals surface area contributed by atoms with Gasteiger partial charge in [-0.2, -0.15) is 0 Å². The summed E-state index contributed by atoms with van der Waals surface area (Å²) in [5.41, 5.74) is 1.71. The van der Waals surface area contributed by atoms with Crippen molar-refractivity contribution in [2.24, 2.45) is 0 Å². The monoisotopic (exact) mass is 389 g/mol. The van der Waals surface area contributed by atoms with Crippen LogP contribution in [-0.4, -0.2) is 34.3 Å². The second-order valence-electron chi connectivity index (χ2n) is 7.05. The summed E-state index contributed by atoms with van der Waals surface area (Å²) < 4.78 is 11.0. The molecule has 0 saturated heterocycles. The van der Waals surface area contributed by atoms with E-state index in [0.717, 1.165) is 5.56 Å². The molecular formula is C20H24ClN3O3. The van der Waals surface area contributed by atoms with Gasteiger partial charge in [0.1, 0.15) is 23.1 Å². The fourth-order valence-electron chi connectivity index (χ4n) is 2.18. The second kappa shape index (κ2) is 8.86. The molecule has 2 heterocycles. The van der Waals surface area contributed by atoms with Crippen LogP contribution in [0.15, 0.2) is 37.2 Å². The van der Waals surface area contributed by atoms with E-state index in [0.29, 0.717) is 22.2 Å². The Bertz CT molecular complexity index is 818. The molecule has 7 heteroatoms. The van der Waals surface area contributed by atoms with Crippen LogP contribution in [0.1, 0.15) is 33.3 Å². The Hall–Kier alpha value is -2.60. The first kappa shape index (κ1) is 20.7. The maximum absolute atomic E-state index is 11.8. The molecule has 0 spiro atoms. The van der Waals surface area contributed by atoms with Gasteiger partial charge in [-0.05, 0) is 51.5 Å². The average molecular weight is 390 g/mol. The van der Waals surface area contributed by atoms with Gasteiger partial charge in [0.25, 0.3) is 0 Å². The molecule has 1 atom stereocenters. The summed E-state index contributed by atoms with van der Waals surface area (Å²) in [6.45, 7) is 11.3. The van der Waals surface area contributed by atoms with E-state index in [2.05, 4.69) is 21.9 Å². The van der Waals surface area contributed by atoms with E-state index in [1.54, 1.807) is 18.3 Å². The van der Waals surface area contributed by atoms with Crippen LogP contribution in [0.5, 0.6) is 5.75 Å². The van der Waals surface area contributed by atoms with Gasteiger partial charge in [-0.25, -0.2) is 9.78 Å². The Kier molecular flexibility index (Phi) is 6.80. The molecule has 1 amide bonds. The lowest BCUT2D eigenvalue weighted by Gasteiger charge is -2.22. The third-order valence-corrected chi connectivity index (χ3v) is 3.67. The zero-order valence-corrected chi connectivity index (χ0v) is 16.7. The maximum Gasteiger partial charge on any atom is 0.407 e. The Balaban J connectivity index is 2.03. The largest absolute Gasteiger partial charge is 0.490 e. The molecule has 0 fully saturated rings. The van der Waals surface area contributed by atoms with Crippen LogP contribution in [0.3, 0.4) is 0 Å². The minimum absolute atomic E-state index is 0.249. The van der Waals surface area contributed by atoms with Crippen molar-refractivity contribution in [3.05, 3.63) is 47.9 Å². The molecule has 2 aromatic rings. The van der Waals surface area contributed by atoms with Crippen molar-refractivity contribution >= 4 is 23.8 Å². The van der Waals surface area contributed by atoms with Crippen molar-refractivity contribution in [2.75, 3.05) is 6.61 Å². The van der Waals surface area contributed by atoms with Crippen molar-refractivity contribution in [1.29, 1.82) is 0 Å². The van der Waals surface area contributed by atoms with Crippen LogP contribution in [0.4, 0.5) is 4.79 Å². The molecule has 1 N–H and O–H groups in total. The molecule has 0 unspecified atom stereocenters. The number of carbonyl (C=O) groups is 1. The van der Waals surface area contributed by atoms with Gasteiger partial charge in [0.15, 0.2) is 0 Å². The topological polar surface area (TPSA) is 73.3 Å². The number of pyridine rings is 2. The molecule has 0 bridgehead atoms. The van der Waals surface area contributed by atoms with Crippen molar-refractivity contribution < 1.29 is 14.3 Å². The molecule has 0 aliphatic rings. The Morgan fingerprint density at radius 2 is 2.11 bits per heavy atom. The standard InChI is InChI=1S/C20H24ClN3O3/c1-6-14-7-8-22-17(9-14)16-10-15(11-23-18(16)21)26-12-13(2)24-19(25)27-20(3,4)5/h6-11,13H,1,12H2,2-5H3,(H,24,25)/t13-/m1/s1. The lowest BCUT2D eigenvalue weighted by atomic mass is 10.1. The molecular weight excluding hydrogens is 366 g/mol. The zero-order valence-electron chi connectivity index (χ0n) is 16.0. The van der Waals surface area contributed by atoms with E-state index in [-0.39, 0.29) is 12.6 Å². The number of halogens is 1. The normalized spacial score (nSPS) is 12.2. The smallest absolute Gasteiger partial charge is 0.407 e. The van der Waals surface area contributed by atoms with E-state index in [9.17, 15) is 4.79 Å². The summed E-state index contributed by atoms with van der Waals surface area (Å²) in [5.74, 6) is 0.526. The lowest BCUT2D eigenvalue weighted by molar-refractivity contribution is 0.0494. The summed E-state index contributed by atoms with van der Waals surface area (Å²) in [5, 5.41) is 3.05. The molecule has 0 radical (unpaired) electrons. The number of carbonyl (C=O) groups excluding carboxylic acids is 1. The van der Waals surface area contributed by atoms with Gasteiger partial charge in [0.2, 0.25) is 0 Å². The summed E-state index contributed by atoms with van der Waals surface area (Å²) in [6.07, 6.45) is 4.46. The molecule has 0 aromatic carbocycles. The van der Waals surface area contributed by atoms with Crippen molar-refractivity contribution in [3.8, 4) is 17.0 Å². The van der Waals surface area contributed by atoms with Crippen molar-refractivity contribution in [1.82, 2.24) is 15.3 Å². The van der Waals surface area contributed by atoms with Crippen LogP contribution in [-0.2, 0) is 4.74 Å². The van der Waals surface area contributed by atoms with E-state index < -0.39 is 11.7 Å². The number of nitrogens with zero attached hydrogens (tertiary/aromatic N) is 2. The molecule has 0 aliphatic heterocycles. The van der Waals surface area contributed by atoms with Crippen LogP contribution in [0, 0.1) is 0 Å². The highest BCUT2D eigenvalue weighted by molar-refractivity contribution is 6.32. The number of rotatable bonds is 6. The first-order valence-corrected chi connectivity index (χ1v) is 8.92. The maximum atomic E-state index is 11.8. The van der Waals surface area contributed by atoms with E-state index >= 15 is 0 Å². The number of nitrogens with one attached hydrogen (secondary N) is 1. The molecule has 144 valence electrons. The highest BCUT2D eigenvalue weighted by Gasteiger charge is 2.18. The van der Waals surface area contributed by atoms with Crippen LogP contribution in [0.2, 0.25) is 5.15 Å². The minimum atomic E-state index is -0.549.